The molecule has 5 N–H and O–H groups in total. The predicted molar refractivity (Wildman–Crippen MR) is 153 cm³/mol. The lowest BCUT2D eigenvalue weighted by molar-refractivity contribution is -0.0111. The number of hydrazine groups is 1. The molecule has 8 heteroatoms. The Morgan fingerprint density at radius 1 is 1.05 bits per heavy atom. The monoisotopic (exact) mass is 554 g/mol. The first-order chi connectivity index (χ1) is 18.0. The smallest absolute Gasteiger partial charge is 0.240 e. The molecule has 3 aromatic rings. The summed E-state index contributed by atoms with van der Waals surface area (Å²) in [6.07, 6.45) is -0.486. The molecule has 0 saturated heterocycles. The van der Waals surface area contributed by atoms with Crippen LogP contribution in [0.3, 0.4) is 0 Å². The van der Waals surface area contributed by atoms with E-state index in [4.69, 9.17) is 33.8 Å². The van der Waals surface area contributed by atoms with Gasteiger partial charge in [0, 0.05) is 22.2 Å². The van der Waals surface area contributed by atoms with Crippen molar-refractivity contribution >= 4 is 34.5 Å². The van der Waals surface area contributed by atoms with Crippen molar-refractivity contribution in [2.45, 2.75) is 51.4 Å². The minimum absolute atomic E-state index is 0.0285. The quantitative estimate of drug-likeness (QED) is 0.0964. The van der Waals surface area contributed by atoms with Crippen LogP contribution in [0.4, 0.5) is 0 Å². The van der Waals surface area contributed by atoms with Crippen LogP contribution in [0.1, 0.15) is 61.3 Å². The third-order valence-electron chi connectivity index (χ3n) is 6.90. The Labute approximate surface area is 233 Å². The molecule has 0 bridgehead atoms. The van der Waals surface area contributed by atoms with Crippen molar-refractivity contribution in [3.63, 3.8) is 0 Å². The molecule has 3 aromatic carbocycles. The Morgan fingerprint density at radius 3 is 2.32 bits per heavy atom. The van der Waals surface area contributed by atoms with Crippen molar-refractivity contribution in [1.82, 2.24) is 5.01 Å². The molecule has 0 heterocycles. The van der Waals surface area contributed by atoms with Crippen molar-refractivity contribution in [2.24, 2.45) is 5.84 Å². The Hall–Kier alpha value is -3.16. The van der Waals surface area contributed by atoms with Crippen LogP contribution in [0.2, 0.25) is 10.0 Å². The third-order valence-corrected chi connectivity index (χ3v) is 7.54. The summed E-state index contributed by atoms with van der Waals surface area (Å²) < 4.78 is 5.89. The highest BCUT2D eigenvalue weighted by atomic mass is 35.5. The molecule has 4 rings (SSSR count). The Kier molecular flexibility index (Phi) is 8.28. The fraction of sp³-hybridized carbons (Fsp3) is 0.267. The Balaban J connectivity index is 1.56. The van der Waals surface area contributed by atoms with E-state index in [2.05, 4.69) is 6.58 Å². The SMILES string of the molecule is C=C(O)c1ccc(C2CC2c2ccc(OC(O)/C(=C(/C)c3c(O)cccc3Cl)N(N)C(C)C)cc2Cl)cc1. The van der Waals surface area contributed by atoms with Gasteiger partial charge in [0.25, 0.3) is 0 Å². The van der Waals surface area contributed by atoms with Crippen LogP contribution in [0, 0.1) is 0 Å². The van der Waals surface area contributed by atoms with Crippen molar-refractivity contribution in [1.29, 1.82) is 0 Å². The number of ether oxygens (including phenoxy) is 1. The molecular weight excluding hydrogens is 523 g/mol. The van der Waals surface area contributed by atoms with E-state index in [9.17, 15) is 15.3 Å². The first-order valence-electron chi connectivity index (χ1n) is 12.3. The van der Waals surface area contributed by atoms with Gasteiger partial charge in [0.2, 0.25) is 6.29 Å². The van der Waals surface area contributed by atoms with E-state index in [1.165, 1.54) is 16.6 Å². The predicted octanol–water partition coefficient (Wildman–Crippen LogP) is 7.21. The number of aliphatic hydroxyl groups excluding tert-OH is 2. The van der Waals surface area contributed by atoms with E-state index in [0.717, 1.165) is 12.0 Å². The summed E-state index contributed by atoms with van der Waals surface area (Å²) in [5.41, 5.74) is 4.00. The number of halogens is 2. The lowest BCUT2D eigenvalue weighted by atomic mass is 10.0. The fourth-order valence-electron chi connectivity index (χ4n) is 4.69. The number of hydrogen-bond donors (Lipinski definition) is 4. The summed E-state index contributed by atoms with van der Waals surface area (Å²) in [7, 11) is 0. The zero-order valence-electron chi connectivity index (χ0n) is 21.5. The number of nitrogens with two attached hydrogens (primary N) is 1. The molecule has 1 saturated carbocycles. The second-order valence-corrected chi connectivity index (χ2v) is 10.6. The maximum absolute atomic E-state index is 11.1. The third kappa shape index (κ3) is 5.79. The van der Waals surface area contributed by atoms with E-state index in [1.54, 1.807) is 31.2 Å². The van der Waals surface area contributed by atoms with Crippen molar-refractivity contribution in [3.05, 3.63) is 105 Å². The van der Waals surface area contributed by atoms with Gasteiger partial charge in [-0.15, -0.1) is 0 Å². The maximum Gasteiger partial charge on any atom is 0.240 e. The minimum atomic E-state index is -1.45. The van der Waals surface area contributed by atoms with Gasteiger partial charge in [-0.2, -0.15) is 0 Å². The van der Waals surface area contributed by atoms with Crippen LogP contribution in [-0.2, 0) is 0 Å². The number of allylic oxidation sites excluding steroid dienone is 1. The average molecular weight is 556 g/mol. The van der Waals surface area contributed by atoms with Crippen LogP contribution in [0.5, 0.6) is 11.5 Å². The van der Waals surface area contributed by atoms with Crippen LogP contribution < -0.4 is 10.6 Å². The molecule has 0 aromatic heterocycles. The van der Waals surface area contributed by atoms with Gasteiger partial charge in [-0.05, 0) is 80.0 Å². The largest absolute Gasteiger partial charge is 0.508 e. The zero-order chi connectivity index (χ0) is 27.7. The van der Waals surface area contributed by atoms with Crippen LogP contribution >= 0.6 is 23.2 Å². The van der Waals surface area contributed by atoms with E-state index < -0.39 is 6.29 Å². The Bertz CT molecular complexity index is 1350. The molecule has 6 nitrogen and oxygen atoms in total. The molecule has 0 amide bonds. The van der Waals surface area contributed by atoms with Gasteiger partial charge >= 0.3 is 0 Å². The number of phenolic OH excluding ortho intramolecular Hbond substituents is 1. The Morgan fingerprint density at radius 2 is 1.74 bits per heavy atom. The van der Waals surface area contributed by atoms with Gasteiger partial charge in [-0.25, -0.2) is 5.84 Å². The average Bonchev–Trinajstić information content (AvgIpc) is 3.64. The summed E-state index contributed by atoms with van der Waals surface area (Å²) in [4.78, 5) is 0. The van der Waals surface area contributed by atoms with E-state index >= 15 is 0 Å². The summed E-state index contributed by atoms with van der Waals surface area (Å²) in [5.74, 6) is 7.32. The summed E-state index contributed by atoms with van der Waals surface area (Å²) >= 11 is 13.0. The molecule has 1 fully saturated rings. The summed E-state index contributed by atoms with van der Waals surface area (Å²) in [5, 5.41) is 33.4. The number of benzene rings is 3. The van der Waals surface area contributed by atoms with Crippen molar-refractivity contribution in [3.8, 4) is 11.5 Å². The molecule has 38 heavy (non-hydrogen) atoms. The van der Waals surface area contributed by atoms with Gasteiger partial charge in [0.05, 0.1) is 5.02 Å². The molecule has 1 aliphatic rings. The fourth-order valence-corrected chi connectivity index (χ4v) is 5.31. The maximum atomic E-state index is 11.1. The van der Waals surface area contributed by atoms with E-state index in [1.807, 2.05) is 44.2 Å². The highest BCUT2D eigenvalue weighted by molar-refractivity contribution is 6.32. The molecule has 1 aliphatic carbocycles. The van der Waals surface area contributed by atoms with E-state index in [0.29, 0.717) is 38.4 Å². The summed E-state index contributed by atoms with van der Waals surface area (Å²) in [6.45, 7) is 9.02. The lowest BCUT2D eigenvalue weighted by Crippen LogP contribution is -2.43. The second kappa shape index (κ2) is 11.3. The topological polar surface area (TPSA) is 99.2 Å². The summed E-state index contributed by atoms with van der Waals surface area (Å²) in [6, 6.07) is 17.7. The molecule has 3 unspecified atom stereocenters. The number of rotatable bonds is 9. The molecule has 0 radical (unpaired) electrons. The van der Waals surface area contributed by atoms with Crippen molar-refractivity contribution in [2.75, 3.05) is 0 Å². The van der Waals surface area contributed by atoms with Gasteiger partial charge in [0.15, 0.2) is 0 Å². The second-order valence-electron chi connectivity index (χ2n) is 9.82. The molecule has 0 spiro atoms. The normalized spacial score (nSPS) is 18.1. The first kappa shape index (κ1) is 27.9. The molecule has 200 valence electrons. The minimum Gasteiger partial charge on any atom is -0.508 e. The highest BCUT2D eigenvalue weighted by Crippen LogP contribution is 2.56. The zero-order valence-corrected chi connectivity index (χ0v) is 23.0. The van der Waals surface area contributed by atoms with E-state index in [-0.39, 0.29) is 29.2 Å². The number of nitrogens with zero attached hydrogens (tertiary/aromatic N) is 1. The number of aliphatic hydroxyl groups is 2. The van der Waals surface area contributed by atoms with Crippen LogP contribution in [0.15, 0.2) is 72.9 Å². The molecule has 3 atom stereocenters. The van der Waals surface area contributed by atoms with Crippen LogP contribution in [-0.4, -0.2) is 32.7 Å². The van der Waals surface area contributed by atoms with Gasteiger partial charge in [-0.1, -0.05) is 66.2 Å². The van der Waals surface area contributed by atoms with Gasteiger partial charge in [-0.3, -0.25) is 0 Å². The van der Waals surface area contributed by atoms with Crippen LogP contribution in [0.25, 0.3) is 11.3 Å². The van der Waals surface area contributed by atoms with Gasteiger partial charge in [0.1, 0.15) is 23.0 Å². The number of aromatic hydroxyl groups is 1. The molecule has 0 aliphatic heterocycles. The lowest BCUT2D eigenvalue weighted by Gasteiger charge is -2.31. The first-order valence-corrected chi connectivity index (χ1v) is 13.1. The highest BCUT2D eigenvalue weighted by Gasteiger charge is 2.40. The number of phenols is 1. The van der Waals surface area contributed by atoms with Crippen molar-refractivity contribution < 1.29 is 20.1 Å². The van der Waals surface area contributed by atoms with Gasteiger partial charge < -0.3 is 25.1 Å². The number of hydrogen-bond acceptors (Lipinski definition) is 6. The standard InChI is InChI=1S/C30H32Cl2N2O4/c1-16(2)34(33)29(17(3)28-25(31)6-5-7-27(28)36)30(37)38-21-12-13-22(26(32)14-21)24-15-23(24)20-10-8-19(9-11-20)18(4)35/h5-14,16,23-24,30,35-37H,4,15,33H2,1-3H3/b29-17+. The molecular formula is C30H32Cl2N2O4.